The van der Waals surface area contributed by atoms with Crippen molar-refractivity contribution in [1.82, 2.24) is 9.88 Å². The zero-order valence-corrected chi connectivity index (χ0v) is 15.5. The Balaban J connectivity index is 2.27. The maximum atomic E-state index is 11.9. The van der Waals surface area contributed by atoms with E-state index in [-0.39, 0.29) is 4.87 Å². The zero-order valence-electron chi connectivity index (χ0n) is 14.7. The number of hydrogen-bond acceptors (Lipinski definition) is 3. The number of hydrogen-bond donors (Lipinski definition) is 1. The molecule has 2 aromatic rings. The highest BCUT2D eigenvalue weighted by molar-refractivity contribution is 7.09. The fourth-order valence-corrected chi connectivity index (χ4v) is 3.74. The van der Waals surface area contributed by atoms with Gasteiger partial charge in [-0.05, 0) is 43.0 Å². The van der Waals surface area contributed by atoms with Crippen molar-refractivity contribution in [3.8, 4) is 11.3 Å². The lowest BCUT2D eigenvalue weighted by Gasteiger charge is -2.20. The molecular formula is C19H28N2OS. The SMILES string of the molecule is CCCN(CCC)Cc1sc(=O)[nH]c1-c1ccc(C(C)C)cc1. The molecule has 23 heavy (non-hydrogen) atoms. The molecule has 0 saturated carbocycles. The largest absolute Gasteiger partial charge is 0.312 e. The summed E-state index contributed by atoms with van der Waals surface area (Å²) in [7, 11) is 0. The summed E-state index contributed by atoms with van der Waals surface area (Å²) < 4.78 is 0. The first kappa shape index (κ1) is 18.0. The van der Waals surface area contributed by atoms with Crippen LogP contribution in [0.1, 0.15) is 56.9 Å². The Morgan fingerprint density at radius 1 is 1.09 bits per heavy atom. The third-order valence-electron chi connectivity index (χ3n) is 4.03. The summed E-state index contributed by atoms with van der Waals surface area (Å²) in [5.74, 6) is 0.523. The van der Waals surface area contributed by atoms with E-state index in [1.54, 1.807) is 0 Å². The molecular weight excluding hydrogens is 304 g/mol. The predicted molar refractivity (Wildman–Crippen MR) is 100 cm³/mol. The van der Waals surface area contributed by atoms with Gasteiger partial charge in [0.1, 0.15) is 0 Å². The van der Waals surface area contributed by atoms with Crippen molar-refractivity contribution in [3.05, 3.63) is 44.4 Å². The number of H-pyrrole nitrogens is 1. The first-order chi connectivity index (χ1) is 11.0. The average molecular weight is 333 g/mol. The van der Waals surface area contributed by atoms with Crippen LogP contribution in [-0.4, -0.2) is 23.0 Å². The molecule has 0 saturated heterocycles. The van der Waals surface area contributed by atoms with Gasteiger partial charge in [-0.3, -0.25) is 9.69 Å². The lowest BCUT2D eigenvalue weighted by atomic mass is 10.0. The van der Waals surface area contributed by atoms with E-state index < -0.39 is 0 Å². The molecule has 126 valence electrons. The fourth-order valence-electron chi connectivity index (χ4n) is 2.84. The molecule has 1 aromatic heterocycles. The van der Waals surface area contributed by atoms with Gasteiger partial charge in [0.2, 0.25) is 0 Å². The minimum absolute atomic E-state index is 0.0379. The maximum absolute atomic E-state index is 11.9. The van der Waals surface area contributed by atoms with Gasteiger partial charge >= 0.3 is 4.87 Å². The normalized spacial score (nSPS) is 11.6. The van der Waals surface area contributed by atoms with Crippen LogP contribution in [0.2, 0.25) is 0 Å². The molecule has 4 heteroatoms. The van der Waals surface area contributed by atoms with Crippen LogP contribution in [0.5, 0.6) is 0 Å². The third-order valence-corrected chi connectivity index (χ3v) is 4.90. The van der Waals surface area contributed by atoms with Crippen LogP contribution in [0.25, 0.3) is 11.3 Å². The van der Waals surface area contributed by atoms with Gasteiger partial charge in [0.05, 0.1) is 5.69 Å². The molecule has 0 unspecified atom stereocenters. The smallest absolute Gasteiger partial charge is 0.305 e. The van der Waals surface area contributed by atoms with Crippen LogP contribution in [0, 0.1) is 0 Å². The van der Waals surface area contributed by atoms with E-state index in [0.717, 1.165) is 48.6 Å². The number of aromatic amines is 1. The lowest BCUT2D eigenvalue weighted by molar-refractivity contribution is 0.269. The Morgan fingerprint density at radius 2 is 1.70 bits per heavy atom. The Kier molecular flexibility index (Phi) is 6.60. The standard InChI is InChI=1S/C19H28N2OS/c1-5-11-21(12-6-2)13-17-18(20-19(22)23-17)16-9-7-15(8-10-16)14(3)4/h7-10,14H,5-6,11-13H2,1-4H3,(H,20,22). The Hall–Kier alpha value is -1.39. The van der Waals surface area contributed by atoms with Crippen LogP contribution < -0.4 is 4.87 Å². The second kappa shape index (κ2) is 8.46. The van der Waals surface area contributed by atoms with Gasteiger partial charge in [0.25, 0.3) is 0 Å². The number of rotatable bonds is 8. The van der Waals surface area contributed by atoms with Crippen molar-refractivity contribution in [3.63, 3.8) is 0 Å². The van der Waals surface area contributed by atoms with Crippen LogP contribution in [0.4, 0.5) is 0 Å². The Morgan fingerprint density at radius 3 is 2.22 bits per heavy atom. The van der Waals surface area contributed by atoms with Crippen molar-refractivity contribution in [2.75, 3.05) is 13.1 Å². The van der Waals surface area contributed by atoms with Gasteiger partial charge in [-0.25, -0.2) is 0 Å². The molecule has 1 aromatic carbocycles. The van der Waals surface area contributed by atoms with Crippen LogP contribution in [-0.2, 0) is 6.54 Å². The molecule has 3 nitrogen and oxygen atoms in total. The minimum atomic E-state index is 0.0379. The van der Waals surface area contributed by atoms with Crippen LogP contribution in [0.15, 0.2) is 29.1 Å². The molecule has 0 bridgehead atoms. The molecule has 0 amide bonds. The van der Waals surface area contributed by atoms with E-state index in [9.17, 15) is 4.79 Å². The third kappa shape index (κ3) is 4.79. The second-order valence-electron chi connectivity index (χ2n) is 6.37. The molecule has 0 atom stereocenters. The first-order valence-corrected chi connectivity index (χ1v) is 9.41. The highest BCUT2D eigenvalue weighted by Gasteiger charge is 2.14. The van der Waals surface area contributed by atoms with Crippen molar-refractivity contribution in [1.29, 1.82) is 0 Å². The van der Waals surface area contributed by atoms with Crippen LogP contribution >= 0.6 is 11.3 Å². The molecule has 0 aliphatic rings. The van der Waals surface area contributed by atoms with Crippen LogP contribution in [0.3, 0.4) is 0 Å². The molecule has 0 radical (unpaired) electrons. The number of benzene rings is 1. The summed E-state index contributed by atoms with van der Waals surface area (Å²) in [6, 6.07) is 8.58. The molecule has 0 aliphatic carbocycles. The van der Waals surface area contributed by atoms with Gasteiger partial charge in [0.15, 0.2) is 0 Å². The number of thiazole rings is 1. The number of nitrogens with zero attached hydrogens (tertiary/aromatic N) is 1. The molecule has 1 heterocycles. The summed E-state index contributed by atoms with van der Waals surface area (Å²) in [4.78, 5) is 18.6. The maximum Gasteiger partial charge on any atom is 0.305 e. The minimum Gasteiger partial charge on any atom is -0.312 e. The Labute approximate surface area is 143 Å². The van der Waals surface area contributed by atoms with Gasteiger partial charge in [-0.1, -0.05) is 63.3 Å². The summed E-state index contributed by atoms with van der Waals surface area (Å²) in [5.41, 5.74) is 3.43. The number of nitrogens with one attached hydrogen (secondary N) is 1. The molecule has 2 rings (SSSR count). The van der Waals surface area contributed by atoms with Crippen molar-refractivity contribution < 1.29 is 0 Å². The average Bonchev–Trinajstić information content (AvgIpc) is 2.88. The highest BCUT2D eigenvalue weighted by atomic mass is 32.1. The lowest BCUT2D eigenvalue weighted by Crippen LogP contribution is -2.24. The molecule has 0 fully saturated rings. The Bertz CT molecular complexity index is 649. The second-order valence-corrected chi connectivity index (χ2v) is 7.43. The van der Waals surface area contributed by atoms with Gasteiger partial charge in [0, 0.05) is 11.4 Å². The van der Waals surface area contributed by atoms with Gasteiger partial charge in [-0.15, -0.1) is 0 Å². The zero-order chi connectivity index (χ0) is 16.8. The highest BCUT2D eigenvalue weighted by Crippen LogP contribution is 2.26. The molecule has 1 N–H and O–H groups in total. The van der Waals surface area contributed by atoms with Gasteiger partial charge in [-0.2, -0.15) is 0 Å². The van der Waals surface area contributed by atoms with E-state index in [1.807, 2.05) is 0 Å². The van der Waals surface area contributed by atoms with E-state index in [0.29, 0.717) is 5.92 Å². The monoisotopic (exact) mass is 332 g/mol. The summed E-state index contributed by atoms with van der Waals surface area (Å²) in [5, 5.41) is 0. The molecule has 0 aliphatic heterocycles. The van der Waals surface area contributed by atoms with E-state index in [4.69, 9.17) is 0 Å². The topological polar surface area (TPSA) is 36.1 Å². The fraction of sp³-hybridized carbons (Fsp3) is 0.526. The van der Waals surface area contributed by atoms with Crippen molar-refractivity contribution in [2.24, 2.45) is 0 Å². The summed E-state index contributed by atoms with van der Waals surface area (Å²) >= 11 is 1.35. The first-order valence-electron chi connectivity index (χ1n) is 8.59. The van der Waals surface area contributed by atoms with E-state index in [2.05, 4.69) is 61.8 Å². The van der Waals surface area contributed by atoms with E-state index >= 15 is 0 Å². The summed E-state index contributed by atoms with van der Waals surface area (Å²) in [6.45, 7) is 11.8. The van der Waals surface area contributed by atoms with Crippen molar-refractivity contribution in [2.45, 2.75) is 53.0 Å². The molecule has 0 spiro atoms. The van der Waals surface area contributed by atoms with Gasteiger partial charge < -0.3 is 4.98 Å². The number of aromatic nitrogens is 1. The quantitative estimate of drug-likeness (QED) is 0.750. The predicted octanol–water partition coefficient (Wildman–Crippen LogP) is 4.85. The van der Waals surface area contributed by atoms with Crippen molar-refractivity contribution >= 4 is 11.3 Å². The summed E-state index contributed by atoms with van der Waals surface area (Å²) in [6.07, 6.45) is 2.27. The van der Waals surface area contributed by atoms with E-state index in [1.165, 1.54) is 16.9 Å².